The van der Waals surface area contributed by atoms with Crippen molar-refractivity contribution in [3.63, 3.8) is 0 Å². The Morgan fingerprint density at radius 2 is 1.70 bits per heavy atom. The van der Waals surface area contributed by atoms with Gasteiger partial charge in [0.2, 0.25) is 0 Å². The summed E-state index contributed by atoms with van der Waals surface area (Å²) in [5.74, 6) is 0.0873. The van der Waals surface area contributed by atoms with Gasteiger partial charge < -0.3 is 9.72 Å². The van der Waals surface area contributed by atoms with Gasteiger partial charge in [0, 0.05) is 5.39 Å². The first-order chi connectivity index (χ1) is 9.74. The van der Waals surface area contributed by atoms with Crippen LogP contribution in [0.25, 0.3) is 10.8 Å². The first-order valence-electron chi connectivity index (χ1n) is 6.13. The van der Waals surface area contributed by atoms with Crippen LogP contribution in [0.3, 0.4) is 0 Å². The lowest BCUT2D eigenvalue weighted by molar-refractivity contribution is 0.0731. The van der Waals surface area contributed by atoms with Gasteiger partial charge in [-0.3, -0.25) is 0 Å². The Morgan fingerprint density at radius 3 is 2.55 bits per heavy atom. The number of aromatic nitrogens is 1. The van der Waals surface area contributed by atoms with Crippen LogP contribution in [-0.4, -0.2) is 11.0 Å². The molecule has 1 aromatic heterocycles. The van der Waals surface area contributed by atoms with E-state index in [9.17, 15) is 4.79 Å². The molecule has 0 fully saturated rings. The maximum Gasteiger partial charge on any atom is 0.360 e. The molecule has 0 atom stereocenters. The van der Waals surface area contributed by atoms with Gasteiger partial charge in [-0.2, -0.15) is 0 Å². The molecule has 3 aromatic rings. The van der Waals surface area contributed by atoms with E-state index in [4.69, 9.17) is 17.0 Å². The van der Waals surface area contributed by atoms with Crippen LogP contribution in [0.5, 0.6) is 5.75 Å². The maximum absolute atomic E-state index is 12.1. The summed E-state index contributed by atoms with van der Waals surface area (Å²) in [6.45, 7) is 0. The number of hydrogen-bond donors (Lipinski definition) is 1. The molecule has 0 saturated heterocycles. The van der Waals surface area contributed by atoms with Crippen LogP contribution < -0.4 is 4.74 Å². The fourth-order valence-electron chi connectivity index (χ4n) is 2.01. The number of carbonyl (C=O) groups is 1. The largest absolute Gasteiger partial charge is 0.421 e. The van der Waals surface area contributed by atoms with Gasteiger partial charge in [-0.25, -0.2) is 4.79 Å². The molecule has 0 spiro atoms. The quantitative estimate of drug-likeness (QED) is 0.436. The Bertz CT molecular complexity index is 834. The molecule has 3 nitrogen and oxygen atoms in total. The second-order valence-corrected chi connectivity index (χ2v) is 4.74. The van der Waals surface area contributed by atoms with Gasteiger partial charge in [0.1, 0.15) is 16.1 Å². The summed E-state index contributed by atoms with van der Waals surface area (Å²) in [5.41, 5.74) is 0.338. The average Bonchev–Trinajstić information content (AvgIpc) is 2.47. The van der Waals surface area contributed by atoms with E-state index in [2.05, 4.69) is 4.98 Å². The molecule has 0 aliphatic carbocycles. The van der Waals surface area contributed by atoms with Gasteiger partial charge in [-0.15, -0.1) is 0 Å². The molecule has 0 radical (unpaired) electrons. The maximum atomic E-state index is 12.1. The molecule has 0 bridgehead atoms. The van der Waals surface area contributed by atoms with Gasteiger partial charge in [-0.1, -0.05) is 54.7 Å². The van der Waals surface area contributed by atoms with Crippen molar-refractivity contribution in [2.45, 2.75) is 0 Å². The Hall–Kier alpha value is -2.46. The number of benzene rings is 2. The van der Waals surface area contributed by atoms with E-state index in [-0.39, 0.29) is 0 Å². The number of nitrogens with one attached hydrogen (secondary N) is 1. The fraction of sp³-hybridized carbons (Fsp3) is 0. The van der Waals surface area contributed by atoms with Crippen LogP contribution in [0, 0.1) is 4.64 Å². The summed E-state index contributed by atoms with van der Waals surface area (Å²) >= 11 is 5.00. The third-order valence-corrected chi connectivity index (χ3v) is 3.18. The summed E-state index contributed by atoms with van der Waals surface area (Å²) in [6, 6.07) is 18.4. The number of esters is 1. The first kappa shape index (κ1) is 12.6. The van der Waals surface area contributed by atoms with E-state index >= 15 is 0 Å². The fourth-order valence-corrected chi connectivity index (χ4v) is 2.19. The standard InChI is InChI=1S/C16H11NO2S/c18-16(13-8-4-10-15(20)17-13)19-14-9-3-6-11-5-1-2-7-12(11)14/h1-10H,(H,17,20). The van der Waals surface area contributed by atoms with Crippen LogP contribution in [0.1, 0.15) is 10.5 Å². The Labute approximate surface area is 120 Å². The second kappa shape index (κ2) is 5.27. The number of rotatable bonds is 2. The SMILES string of the molecule is O=C(Oc1cccc2ccccc12)c1cccc(=S)[nH]1. The van der Waals surface area contributed by atoms with Crippen LogP contribution in [-0.2, 0) is 0 Å². The summed E-state index contributed by atoms with van der Waals surface area (Å²) in [6.07, 6.45) is 0. The van der Waals surface area contributed by atoms with Crippen molar-refractivity contribution in [2.75, 3.05) is 0 Å². The molecule has 0 aliphatic rings. The van der Waals surface area contributed by atoms with Gasteiger partial charge in [-0.05, 0) is 23.6 Å². The summed E-state index contributed by atoms with van der Waals surface area (Å²) < 4.78 is 5.95. The van der Waals surface area contributed by atoms with E-state index in [0.717, 1.165) is 10.8 Å². The molecule has 3 rings (SSSR count). The van der Waals surface area contributed by atoms with Crippen molar-refractivity contribution in [1.82, 2.24) is 4.98 Å². The Kier molecular flexibility index (Phi) is 3.31. The Morgan fingerprint density at radius 1 is 0.950 bits per heavy atom. The van der Waals surface area contributed by atoms with Crippen LogP contribution in [0.2, 0.25) is 0 Å². The van der Waals surface area contributed by atoms with E-state index < -0.39 is 5.97 Å². The molecule has 20 heavy (non-hydrogen) atoms. The number of fused-ring (bicyclic) bond motifs is 1. The van der Waals surface area contributed by atoms with E-state index in [1.807, 2.05) is 36.4 Å². The molecule has 1 heterocycles. The van der Waals surface area contributed by atoms with Crippen LogP contribution >= 0.6 is 12.2 Å². The third kappa shape index (κ3) is 2.46. The van der Waals surface area contributed by atoms with Crippen LogP contribution in [0.4, 0.5) is 0 Å². The van der Waals surface area contributed by atoms with Crippen molar-refractivity contribution >= 4 is 29.0 Å². The highest BCUT2D eigenvalue weighted by Crippen LogP contribution is 2.25. The van der Waals surface area contributed by atoms with Gasteiger partial charge in [0.15, 0.2) is 0 Å². The zero-order valence-corrected chi connectivity index (χ0v) is 11.3. The molecule has 0 unspecified atom stereocenters. The molecule has 0 saturated carbocycles. The minimum atomic E-state index is -0.451. The average molecular weight is 281 g/mol. The predicted molar refractivity (Wildman–Crippen MR) is 80.5 cm³/mol. The van der Waals surface area contributed by atoms with Crippen molar-refractivity contribution in [3.8, 4) is 5.75 Å². The lowest BCUT2D eigenvalue weighted by Crippen LogP contribution is -2.10. The first-order valence-corrected chi connectivity index (χ1v) is 6.54. The van der Waals surface area contributed by atoms with Crippen molar-refractivity contribution in [1.29, 1.82) is 0 Å². The lowest BCUT2D eigenvalue weighted by Gasteiger charge is -2.07. The topological polar surface area (TPSA) is 42.1 Å². The van der Waals surface area contributed by atoms with Crippen LogP contribution in [0.15, 0.2) is 60.7 Å². The number of carbonyl (C=O) groups excluding carboxylic acids is 1. The molecule has 4 heteroatoms. The lowest BCUT2D eigenvalue weighted by atomic mass is 10.1. The Balaban J connectivity index is 1.97. The molecule has 98 valence electrons. The molecule has 0 aliphatic heterocycles. The second-order valence-electron chi connectivity index (χ2n) is 4.30. The molecule has 2 aromatic carbocycles. The molecule has 0 amide bonds. The normalized spacial score (nSPS) is 10.4. The number of ether oxygens (including phenoxy) is 1. The summed E-state index contributed by atoms with van der Waals surface area (Å²) in [4.78, 5) is 14.9. The van der Waals surface area contributed by atoms with Gasteiger partial charge >= 0.3 is 5.97 Å². The molecule has 1 N–H and O–H groups in total. The third-order valence-electron chi connectivity index (χ3n) is 2.94. The number of H-pyrrole nitrogens is 1. The number of hydrogen-bond acceptors (Lipinski definition) is 3. The minimum Gasteiger partial charge on any atom is -0.421 e. The number of pyridine rings is 1. The van der Waals surface area contributed by atoms with E-state index in [1.54, 1.807) is 24.3 Å². The summed E-state index contributed by atoms with van der Waals surface area (Å²) in [5, 5.41) is 1.93. The zero-order chi connectivity index (χ0) is 13.9. The van der Waals surface area contributed by atoms with Gasteiger partial charge in [0.25, 0.3) is 0 Å². The summed E-state index contributed by atoms with van der Waals surface area (Å²) in [7, 11) is 0. The van der Waals surface area contributed by atoms with E-state index in [0.29, 0.717) is 16.1 Å². The zero-order valence-electron chi connectivity index (χ0n) is 10.5. The number of aromatic amines is 1. The predicted octanol–water partition coefficient (Wildman–Crippen LogP) is 4.12. The van der Waals surface area contributed by atoms with Crippen molar-refractivity contribution < 1.29 is 9.53 Å². The molecular formula is C16H11NO2S. The van der Waals surface area contributed by atoms with Gasteiger partial charge in [0.05, 0.1) is 0 Å². The highest BCUT2D eigenvalue weighted by Gasteiger charge is 2.10. The van der Waals surface area contributed by atoms with Crippen molar-refractivity contribution in [2.24, 2.45) is 0 Å². The smallest absolute Gasteiger partial charge is 0.360 e. The minimum absolute atomic E-state index is 0.338. The molecular weight excluding hydrogens is 270 g/mol. The highest BCUT2D eigenvalue weighted by molar-refractivity contribution is 7.71. The highest BCUT2D eigenvalue weighted by atomic mass is 32.1. The monoisotopic (exact) mass is 281 g/mol. The van der Waals surface area contributed by atoms with E-state index in [1.165, 1.54) is 0 Å². The van der Waals surface area contributed by atoms with Crippen molar-refractivity contribution in [3.05, 3.63) is 71.0 Å².